The molecule has 7 heteroatoms. The Labute approximate surface area is 193 Å². The minimum absolute atomic E-state index is 0.0370. The number of hydrogen-bond acceptors (Lipinski definition) is 7. The zero-order valence-corrected chi connectivity index (χ0v) is 18.9. The molecule has 0 radical (unpaired) electrons. The second kappa shape index (κ2) is 12.4. The Morgan fingerprint density at radius 2 is 1.27 bits per heavy atom. The summed E-state index contributed by atoms with van der Waals surface area (Å²) in [7, 11) is 6.12. The highest BCUT2D eigenvalue weighted by atomic mass is 16.5. The minimum Gasteiger partial charge on any atom is -0.507 e. The van der Waals surface area contributed by atoms with E-state index in [2.05, 4.69) is 0 Å². The number of ether oxygens (including phenoxy) is 4. The largest absolute Gasteiger partial charge is 0.507 e. The van der Waals surface area contributed by atoms with E-state index in [0.717, 1.165) is 11.6 Å². The van der Waals surface area contributed by atoms with Gasteiger partial charge in [0.15, 0.2) is 28.8 Å². The van der Waals surface area contributed by atoms with Crippen molar-refractivity contribution in [3.63, 3.8) is 0 Å². The molecule has 0 aliphatic carbocycles. The molecule has 0 fully saturated rings. The fourth-order valence-corrected chi connectivity index (χ4v) is 2.85. The lowest BCUT2D eigenvalue weighted by Crippen LogP contribution is -2.00. The number of ketones is 1. The molecule has 2 aromatic carbocycles. The van der Waals surface area contributed by atoms with E-state index < -0.39 is 5.78 Å². The van der Waals surface area contributed by atoms with Gasteiger partial charge in [-0.3, -0.25) is 4.79 Å². The van der Waals surface area contributed by atoms with Crippen LogP contribution in [0.1, 0.15) is 11.1 Å². The van der Waals surface area contributed by atoms with Crippen LogP contribution in [0.25, 0.3) is 12.2 Å². The zero-order chi connectivity index (χ0) is 24.2. The zero-order valence-electron chi connectivity index (χ0n) is 18.9. The van der Waals surface area contributed by atoms with Gasteiger partial charge >= 0.3 is 0 Å². The number of nitriles is 1. The van der Waals surface area contributed by atoms with Gasteiger partial charge in [-0.25, -0.2) is 0 Å². The number of carbonyl (C=O) groups excluding carboxylic acids is 1. The quantitative estimate of drug-likeness (QED) is 0.239. The lowest BCUT2D eigenvalue weighted by Gasteiger charge is -2.08. The fourth-order valence-electron chi connectivity index (χ4n) is 2.85. The lowest BCUT2D eigenvalue weighted by molar-refractivity contribution is -0.111. The third-order valence-corrected chi connectivity index (χ3v) is 4.54. The number of hydrogen-bond donors (Lipinski definition) is 1. The van der Waals surface area contributed by atoms with E-state index in [9.17, 15) is 9.90 Å². The molecule has 0 unspecified atom stereocenters. The van der Waals surface area contributed by atoms with Gasteiger partial charge in [0.1, 0.15) is 5.76 Å². The van der Waals surface area contributed by atoms with Crippen LogP contribution in [0.15, 0.2) is 72.0 Å². The van der Waals surface area contributed by atoms with Gasteiger partial charge in [0, 0.05) is 6.08 Å². The van der Waals surface area contributed by atoms with Gasteiger partial charge in [-0.2, -0.15) is 5.26 Å². The number of allylic oxidation sites excluding steroid dienone is 5. The Kier molecular flexibility index (Phi) is 9.35. The van der Waals surface area contributed by atoms with Crippen LogP contribution in [-0.2, 0) is 4.79 Å². The van der Waals surface area contributed by atoms with E-state index in [1.807, 2.05) is 6.07 Å². The summed E-state index contributed by atoms with van der Waals surface area (Å²) in [4.78, 5) is 12.7. The van der Waals surface area contributed by atoms with Crippen LogP contribution in [-0.4, -0.2) is 39.3 Å². The van der Waals surface area contributed by atoms with Crippen LogP contribution in [0.2, 0.25) is 0 Å². The van der Waals surface area contributed by atoms with Crippen molar-refractivity contribution in [1.29, 1.82) is 5.26 Å². The number of benzene rings is 2. The average molecular weight is 447 g/mol. The Balaban J connectivity index is 2.33. The van der Waals surface area contributed by atoms with Gasteiger partial charge in [0.05, 0.1) is 40.1 Å². The molecule has 0 aromatic heterocycles. The topological polar surface area (TPSA) is 98.0 Å². The van der Waals surface area contributed by atoms with Crippen LogP contribution in [0.5, 0.6) is 23.0 Å². The summed E-state index contributed by atoms with van der Waals surface area (Å²) in [5.74, 6) is 1.41. The van der Waals surface area contributed by atoms with E-state index in [1.165, 1.54) is 46.7 Å². The van der Waals surface area contributed by atoms with E-state index >= 15 is 0 Å². The van der Waals surface area contributed by atoms with Crippen LogP contribution in [0.3, 0.4) is 0 Å². The third-order valence-electron chi connectivity index (χ3n) is 4.54. The van der Waals surface area contributed by atoms with Crippen molar-refractivity contribution in [2.45, 2.75) is 0 Å². The van der Waals surface area contributed by atoms with Crippen molar-refractivity contribution in [2.24, 2.45) is 0 Å². The number of aliphatic hydroxyl groups is 1. The molecule has 0 saturated heterocycles. The van der Waals surface area contributed by atoms with Crippen molar-refractivity contribution < 1.29 is 28.8 Å². The maximum Gasteiger partial charge on any atom is 0.189 e. The third kappa shape index (κ3) is 6.77. The van der Waals surface area contributed by atoms with Crippen molar-refractivity contribution in [1.82, 2.24) is 0 Å². The Hall–Kier alpha value is -4.44. The number of methoxy groups -OCH3 is 4. The van der Waals surface area contributed by atoms with E-state index in [-0.39, 0.29) is 11.3 Å². The summed E-state index contributed by atoms with van der Waals surface area (Å²) < 4.78 is 20.9. The summed E-state index contributed by atoms with van der Waals surface area (Å²) in [5, 5.41) is 19.4. The van der Waals surface area contributed by atoms with E-state index in [0.29, 0.717) is 28.6 Å². The lowest BCUT2D eigenvalue weighted by atomic mass is 10.1. The highest BCUT2D eigenvalue weighted by molar-refractivity contribution is 6.09. The first kappa shape index (κ1) is 24.8. The molecule has 33 heavy (non-hydrogen) atoms. The maximum atomic E-state index is 12.7. The summed E-state index contributed by atoms with van der Waals surface area (Å²) in [6, 6.07) is 12.3. The van der Waals surface area contributed by atoms with Crippen molar-refractivity contribution in [2.75, 3.05) is 28.4 Å². The highest BCUT2D eigenvalue weighted by Gasteiger charge is 2.10. The Morgan fingerprint density at radius 1 is 0.788 bits per heavy atom. The van der Waals surface area contributed by atoms with Crippen LogP contribution in [0.4, 0.5) is 0 Å². The van der Waals surface area contributed by atoms with Crippen LogP contribution < -0.4 is 18.9 Å². The summed E-state index contributed by atoms with van der Waals surface area (Å²) in [6.45, 7) is 0. The van der Waals surface area contributed by atoms with Gasteiger partial charge < -0.3 is 24.1 Å². The molecule has 0 spiro atoms. The molecule has 2 rings (SSSR count). The van der Waals surface area contributed by atoms with Crippen molar-refractivity contribution in [3.05, 3.63) is 83.2 Å². The summed E-state index contributed by atoms with van der Waals surface area (Å²) >= 11 is 0. The molecule has 0 bridgehead atoms. The first-order chi connectivity index (χ1) is 16.0. The summed E-state index contributed by atoms with van der Waals surface area (Å²) in [6.07, 6.45) is 8.26. The molecule has 0 aliphatic heterocycles. The fraction of sp³-hybridized carbons (Fsp3) is 0.154. The molecular formula is C26H25NO6. The van der Waals surface area contributed by atoms with Gasteiger partial charge in [-0.15, -0.1) is 0 Å². The Morgan fingerprint density at radius 3 is 1.73 bits per heavy atom. The summed E-state index contributed by atoms with van der Waals surface area (Å²) in [5.41, 5.74) is 1.38. The van der Waals surface area contributed by atoms with Gasteiger partial charge in [0.25, 0.3) is 0 Å². The molecule has 2 aromatic rings. The molecule has 0 amide bonds. The highest BCUT2D eigenvalue weighted by Crippen LogP contribution is 2.29. The van der Waals surface area contributed by atoms with Crippen molar-refractivity contribution in [3.8, 4) is 29.1 Å². The van der Waals surface area contributed by atoms with E-state index in [1.54, 1.807) is 48.6 Å². The molecule has 0 aliphatic rings. The Bertz CT molecular complexity index is 1150. The van der Waals surface area contributed by atoms with Gasteiger partial charge in [-0.05, 0) is 53.6 Å². The smallest absolute Gasteiger partial charge is 0.189 e. The molecular weight excluding hydrogens is 422 g/mol. The van der Waals surface area contributed by atoms with Crippen molar-refractivity contribution >= 4 is 17.9 Å². The normalized spacial score (nSPS) is 12.0. The van der Waals surface area contributed by atoms with Crippen LogP contribution in [0, 0.1) is 11.3 Å². The number of nitrogens with zero attached hydrogens (tertiary/aromatic N) is 1. The monoisotopic (exact) mass is 447 g/mol. The van der Waals surface area contributed by atoms with Crippen LogP contribution >= 0.6 is 0 Å². The maximum absolute atomic E-state index is 12.7. The second-order valence-corrected chi connectivity index (χ2v) is 6.52. The molecule has 0 atom stereocenters. The predicted octanol–water partition coefficient (Wildman–Crippen LogP) is 4.91. The molecule has 0 heterocycles. The predicted molar refractivity (Wildman–Crippen MR) is 127 cm³/mol. The second-order valence-electron chi connectivity index (χ2n) is 6.52. The molecule has 170 valence electrons. The average Bonchev–Trinajstić information content (AvgIpc) is 2.85. The first-order valence-corrected chi connectivity index (χ1v) is 9.81. The SMILES string of the molecule is COc1ccc(/C=C/C(=O)C(/C=C/C#N)=C(O)/C=C/c2ccc(OC)c(OC)c2)cc1OC. The van der Waals surface area contributed by atoms with Gasteiger partial charge in [-0.1, -0.05) is 24.3 Å². The number of aliphatic hydroxyl groups excluding tert-OH is 1. The molecule has 7 nitrogen and oxygen atoms in total. The number of rotatable bonds is 10. The number of carbonyl (C=O) groups is 1. The minimum atomic E-state index is -0.481. The van der Waals surface area contributed by atoms with E-state index in [4.69, 9.17) is 24.2 Å². The first-order valence-electron chi connectivity index (χ1n) is 9.81. The van der Waals surface area contributed by atoms with Gasteiger partial charge in [0.2, 0.25) is 0 Å². The standard InChI is InChI=1S/C26H25NO6/c1-30-23-13-9-18(16-25(23)32-3)7-11-21(28)20(6-5-15-27)22(29)12-8-19-10-14-24(31-2)26(17-19)33-4/h5-14,16-17,28H,1-4H3/b6-5+,11-7+,12-8+,21-20-. The molecule has 0 saturated carbocycles. The molecule has 1 N–H and O–H groups in total.